The molecule has 0 unspecified atom stereocenters. The summed E-state index contributed by atoms with van der Waals surface area (Å²) in [5, 5.41) is 15.5. The number of thioether (sulfide) groups is 1. The Bertz CT molecular complexity index is 1290. The molecule has 0 atom stereocenters. The van der Waals surface area contributed by atoms with Crippen molar-refractivity contribution in [1.29, 1.82) is 0 Å². The monoisotopic (exact) mass is 491 g/mol. The van der Waals surface area contributed by atoms with Crippen LogP contribution < -0.4 is 10.6 Å². The number of nitrogens with one attached hydrogen (secondary N) is 2. The van der Waals surface area contributed by atoms with E-state index in [0.717, 1.165) is 17.1 Å². The number of aromatic nitrogens is 3. The van der Waals surface area contributed by atoms with Crippen LogP contribution in [-0.2, 0) is 16.0 Å². The summed E-state index contributed by atoms with van der Waals surface area (Å²) in [6.07, 6.45) is 0.596. The van der Waals surface area contributed by atoms with Crippen molar-refractivity contribution in [2.75, 3.05) is 16.4 Å². The zero-order chi connectivity index (χ0) is 23.9. The third kappa shape index (κ3) is 6.24. The lowest BCUT2D eigenvalue weighted by atomic mass is 10.1. The van der Waals surface area contributed by atoms with Crippen LogP contribution >= 0.6 is 23.4 Å². The van der Waals surface area contributed by atoms with Crippen LogP contribution in [0.1, 0.15) is 18.3 Å². The highest BCUT2D eigenvalue weighted by Crippen LogP contribution is 2.25. The Hall–Kier alpha value is -3.62. The Morgan fingerprint density at radius 2 is 1.62 bits per heavy atom. The summed E-state index contributed by atoms with van der Waals surface area (Å²) in [6, 6.07) is 24.4. The second-order valence-electron chi connectivity index (χ2n) is 7.47. The normalized spacial score (nSPS) is 10.6. The third-order valence-electron chi connectivity index (χ3n) is 4.79. The summed E-state index contributed by atoms with van der Waals surface area (Å²) in [7, 11) is 0. The molecular weight excluding hydrogens is 470 g/mol. The fourth-order valence-electron chi connectivity index (χ4n) is 3.34. The van der Waals surface area contributed by atoms with Crippen LogP contribution in [0, 0.1) is 0 Å². The van der Waals surface area contributed by atoms with Gasteiger partial charge in [0.25, 0.3) is 0 Å². The molecule has 4 aromatic rings. The van der Waals surface area contributed by atoms with Crippen molar-refractivity contribution < 1.29 is 9.59 Å². The smallest absolute Gasteiger partial charge is 0.234 e. The summed E-state index contributed by atoms with van der Waals surface area (Å²) < 4.78 is 1.94. The fraction of sp³-hybridized carbons (Fsp3) is 0.120. The van der Waals surface area contributed by atoms with Crippen molar-refractivity contribution in [2.24, 2.45) is 0 Å². The first-order valence-corrected chi connectivity index (χ1v) is 11.9. The summed E-state index contributed by atoms with van der Waals surface area (Å²) in [5.41, 5.74) is 3.19. The predicted octanol–water partition coefficient (Wildman–Crippen LogP) is 5.20. The van der Waals surface area contributed by atoms with E-state index in [1.807, 2.05) is 59.2 Å². The van der Waals surface area contributed by atoms with Crippen LogP contribution in [-0.4, -0.2) is 32.3 Å². The lowest BCUT2D eigenvalue weighted by Gasteiger charge is -2.11. The SMILES string of the molecule is CC(=O)Nc1cccc(NC(=O)CSc2nnc(Cc3ccccc3)n2-c2ccc(Cl)cc2)c1. The van der Waals surface area contributed by atoms with E-state index in [9.17, 15) is 9.59 Å². The van der Waals surface area contributed by atoms with Gasteiger partial charge in [0.1, 0.15) is 5.82 Å². The molecule has 172 valence electrons. The predicted molar refractivity (Wildman–Crippen MR) is 136 cm³/mol. The molecule has 34 heavy (non-hydrogen) atoms. The first kappa shape index (κ1) is 23.5. The lowest BCUT2D eigenvalue weighted by Crippen LogP contribution is -2.15. The molecule has 2 N–H and O–H groups in total. The number of hydrogen-bond donors (Lipinski definition) is 2. The zero-order valence-electron chi connectivity index (χ0n) is 18.4. The molecule has 0 aliphatic carbocycles. The average Bonchev–Trinajstić information content (AvgIpc) is 3.21. The van der Waals surface area contributed by atoms with Crippen LogP contribution in [0.5, 0.6) is 0 Å². The third-order valence-corrected chi connectivity index (χ3v) is 5.97. The number of rotatable bonds is 8. The fourth-order valence-corrected chi connectivity index (χ4v) is 4.24. The van der Waals surface area contributed by atoms with Gasteiger partial charge in [0.15, 0.2) is 5.16 Å². The molecule has 0 saturated heterocycles. The molecule has 7 nitrogen and oxygen atoms in total. The highest BCUT2D eigenvalue weighted by molar-refractivity contribution is 7.99. The van der Waals surface area contributed by atoms with E-state index >= 15 is 0 Å². The Morgan fingerprint density at radius 1 is 0.912 bits per heavy atom. The number of carbonyl (C=O) groups is 2. The quantitative estimate of drug-likeness (QED) is 0.331. The maximum absolute atomic E-state index is 12.6. The van der Waals surface area contributed by atoms with Gasteiger partial charge in [-0.2, -0.15) is 0 Å². The van der Waals surface area contributed by atoms with Crippen molar-refractivity contribution in [3.05, 3.63) is 95.3 Å². The Kier molecular flexibility index (Phi) is 7.61. The second kappa shape index (κ2) is 11.0. The van der Waals surface area contributed by atoms with Crippen molar-refractivity contribution in [3.63, 3.8) is 0 Å². The molecule has 0 radical (unpaired) electrons. The molecule has 0 fully saturated rings. The lowest BCUT2D eigenvalue weighted by molar-refractivity contribution is -0.114. The van der Waals surface area contributed by atoms with Crippen molar-refractivity contribution in [2.45, 2.75) is 18.5 Å². The Morgan fingerprint density at radius 3 is 2.32 bits per heavy atom. The van der Waals surface area contributed by atoms with Crippen LogP contribution in [0.2, 0.25) is 5.02 Å². The molecule has 2 amide bonds. The van der Waals surface area contributed by atoms with Crippen LogP contribution in [0.25, 0.3) is 5.69 Å². The van der Waals surface area contributed by atoms with Gasteiger partial charge in [0, 0.05) is 35.4 Å². The first-order chi connectivity index (χ1) is 16.5. The highest BCUT2D eigenvalue weighted by atomic mass is 35.5. The van der Waals surface area contributed by atoms with Crippen LogP contribution in [0.3, 0.4) is 0 Å². The summed E-state index contributed by atoms with van der Waals surface area (Å²) in [5.74, 6) is 0.535. The van der Waals surface area contributed by atoms with Gasteiger partial charge in [-0.15, -0.1) is 10.2 Å². The number of anilines is 2. The standard InChI is InChI=1S/C25H22ClN5O2S/c1-17(32)27-20-8-5-9-21(15-20)28-24(33)16-34-25-30-29-23(14-18-6-3-2-4-7-18)31(25)22-12-10-19(26)11-13-22/h2-13,15H,14,16H2,1H3,(H,27,32)(H,28,33). The van der Waals surface area contributed by atoms with Gasteiger partial charge in [0.05, 0.1) is 5.75 Å². The van der Waals surface area contributed by atoms with Gasteiger partial charge in [-0.3, -0.25) is 14.2 Å². The van der Waals surface area contributed by atoms with Gasteiger partial charge < -0.3 is 10.6 Å². The van der Waals surface area contributed by atoms with E-state index in [1.54, 1.807) is 24.3 Å². The largest absolute Gasteiger partial charge is 0.326 e. The summed E-state index contributed by atoms with van der Waals surface area (Å²) in [4.78, 5) is 23.9. The number of benzene rings is 3. The van der Waals surface area contributed by atoms with Gasteiger partial charge in [0.2, 0.25) is 11.8 Å². The van der Waals surface area contributed by atoms with Gasteiger partial charge in [-0.05, 0) is 48.0 Å². The first-order valence-electron chi connectivity index (χ1n) is 10.5. The van der Waals surface area contributed by atoms with Crippen LogP contribution in [0.15, 0.2) is 84.0 Å². The average molecular weight is 492 g/mol. The van der Waals surface area contributed by atoms with Gasteiger partial charge in [-0.1, -0.05) is 59.8 Å². The molecule has 0 saturated carbocycles. The molecule has 0 spiro atoms. The Labute approximate surface area is 206 Å². The van der Waals surface area contributed by atoms with Gasteiger partial charge >= 0.3 is 0 Å². The van der Waals surface area contributed by atoms with E-state index in [1.165, 1.54) is 18.7 Å². The van der Waals surface area contributed by atoms with Crippen LogP contribution in [0.4, 0.5) is 11.4 Å². The molecule has 1 aromatic heterocycles. The van der Waals surface area contributed by atoms with E-state index < -0.39 is 0 Å². The minimum atomic E-state index is -0.194. The summed E-state index contributed by atoms with van der Waals surface area (Å²) in [6.45, 7) is 1.44. The van der Waals surface area contributed by atoms with E-state index in [-0.39, 0.29) is 17.6 Å². The number of nitrogens with zero attached hydrogens (tertiary/aromatic N) is 3. The molecule has 9 heteroatoms. The summed E-state index contributed by atoms with van der Waals surface area (Å²) >= 11 is 7.37. The highest BCUT2D eigenvalue weighted by Gasteiger charge is 2.16. The molecule has 3 aromatic carbocycles. The number of halogens is 1. The number of hydrogen-bond acceptors (Lipinski definition) is 5. The topological polar surface area (TPSA) is 88.9 Å². The number of amides is 2. The molecular formula is C25H22ClN5O2S. The second-order valence-corrected chi connectivity index (χ2v) is 8.85. The maximum Gasteiger partial charge on any atom is 0.234 e. The van der Waals surface area contributed by atoms with Crippen molar-refractivity contribution >= 4 is 46.6 Å². The van der Waals surface area contributed by atoms with Gasteiger partial charge in [-0.25, -0.2) is 0 Å². The van der Waals surface area contributed by atoms with E-state index in [4.69, 9.17) is 11.6 Å². The zero-order valence-corrected chi connectivity index (χ0v) is 19.9. The molecule has 0 aliphatic rings. The molecule has 4 rings (SSSR count). The molecule has 0 aliphatic heterocycles. The maximum atomic E-state index is 12.6. The molecule has 1 heterocycles. The molecule has 0 bridgehead atoms. The van der Waals surface area contributed by atoms with Crippen molar-refractivity contribution in [3.8, 4) is 5.69 Å². The minimum Gasteiger partial charge on any atom is -0.326 e. The number of carbonyl (C=O) groups excluding carboxylic acids is 2. The Balaban J connectivity index is 1.50. The minimum absolute atomic E-state index is 0.140. The van der Waals surface area contributed by atoms with E-state index in [2.05, 4.69) is 20.8 Å². The van der Waals surface area contributed by atoms with Crippen molar-refractivity contribution in [1.82, 2.24) is 14.8 Å². The van der Waals surface area contributed by atoms with E-state index in [0.29, 0.717) is 28.0 Å².